The highest BCUT2D eigenvalue weighted by atomic mass is 16.5. The Morgan fingerprint density at radius 2 is 1.86 bits per heavy atom. The van der Waals surface area contributed by atoms with E-state index in [-0.39, 0.29) is 0 Å². The van der Waals surface area contributed by atoms with Crippen LogP contribution in [0.2, 0.25) is 0 Å². The first-order valence-electron chi connectivity index (χ1n) is 7.86. The van der Waals surface area contributed by atoms with Crippen LogP contribution in [0, 0.1) is 0 Å². The molecule has 0 N–H and O–H groups in total. The largest absolute Gasteiger partial charge is 0.494 e. The minimum Gasteiger partial charge on any atom is -0.494 e. The molecule has 0 aliphatic heterocycles. The van der Waals surface area contributed by atoms with Gasteiger partial charge in [0.2, 0.25) is 0 Å². The molecule has 2 aromatic rings. The predicted molar refractivity (Wildman–Crippen MR) is 88.8 cm³/mol. The minimum absolute atomic E-state index is 0.728. The molecule has 0 spiro atoms. The average molecular weight is 278 g/mol. The van der Waals surface area contributed by atoms with Crippen molar-refractivity contribution >= 4 is 6.08 Å². The molecule has 0 aromatic heterocycles. The molecular formula is C20H22O. The molecular weight excluding hydrogens is 256 g/mol. The van der Waals surface area contributed by atoms with Crippen LogP contribution in [0.15, 0.2) is 48.5 Å². The summed E-state index contributed by atoms with van der Waals surface area (Å²) < 4.78 is 5.48. The summed E-state index contributed by atoms with van der Waals surface area (Å²) >= 11 is 0. The first-order valence-corrected chi connectivity index (χ1v) is 7.86. The van der Waals surface area contributed by atoms with E-state index in [1.165, 1.54) is 28.7 Å². The number of fused-ring (bicyclic) bond motifs is 1. The molecule has 0 radical (unpaired) electrons. The number of hydrogen-bond acceptors (Lipinski definition) is 1. The third-order valence-electron chi connectivity index (χ3n) is 4.05. The normalized spacial score (nSPS) is 12.4. The van der Waals surface area contributed by atoms with E-state index in [9.17, 15) is 0 Å². The monoisotopic (exact) mass is 278 g/mol. The number of ether oxygens (including phenoxy) is 1. The van der Waals surface area contributed by atoms with Crippen LogP contribution in [0.4, 0.5) is 0 Å². The number of rotatable bonds is 6. The van der Waals surface area contributed by atoms with Gasteiger partial charge in [-0.15, -0.1) is 0 Å². The van der Waals surface area contributed by atoms with Gasteiger partial charge in [-0.1, -0.05) is 42.5 Å². The van der Waals surface area contributed by atoms with E-state index in [0.717, 1.165) is 31.6 Å². The van der Waals surface area contributed by atoms with Gasteiger partial charge in [0.1, 0.15) is 5.75 Å². The van der Waals surface area contributed by atoms with Gasteiger partial charge < -0.3 is 4.74 Å². The Morgan fingerprint density at radius 1 is 1.00 bits per heavy atom. The first kappa shape index (κ1) is 13.9. The Balaban J connectivity index is 1.57. The second kappa shape index (κ2) is 6.62. The van der Waals surface area contributed by atoms with Crippen molar-refractivity contribution in [2.45, 2.75) is 32.6 Å². The summed E-state index contributed by atoms with van der Waals surface area (Å²) in [7, 11) is 0. The van der Waals surface area contributed by atoms with Crippen LogP contribution in [0.1, 0.15) is 35.6 Å². The molecule has 2 aromatic carbocycles. The quantitative estimate of drug-likeness (QED) is 0.735. The van der Waals surface area contributed by atoms with E-state index in [4.69, 9.17) is 4.74 Å². The number of aryl methyl sites for hydroxylation is 2. The Kier molecular flexibility index (Phi) is 4.40. The SMILES string of the molecule is CCOc1ccc(CCCc2cccc3c2C=CC3)cc1. The molecule has 0 saturated carbocycles. The lowest BCUT2D eigenvalue weighted by Gasteiger charge is -2.08. The molecule has 3 rings (SSSR count). The summed E-state index contributed by atoms with van der Waals surface area (Å²) in [6.07, 6.45) is 9.11. The van der Waals surface area contributed by atoms with Gasteiger partial charge in [0.15, 0.2) is 0 Å². The maximum absolute atomic E-state index is 5.48. The Bertz CT molecular complexity index is 623. The van der Waals surface area contributed by atoms with Crippen LogP contribution < -0.4 is 4.74 Å². The van der Waals surface area contributed by atoms with Crippen LogP contribution in [0.5, 0.6) is 5.75 Å². The topological polar surface area (TPSA) is 9.23 Å². The maximum Gasteiger partial charge on any atom is 0.119 e. The summed E-state index contributed by atoms with van der Waals surface area (Å²) in [6, 6.07) is 15.2. The van der Waals surface area contributed by atoms with Crippen LogP contribution in [0.25, 0.3) is 6.08 Å². The molecule has 0 unspecified atom stereocenters. The molecule has 1 nitrogen and oxygen atoms in total. The fraction of sp³-hybridized carbons (Fsp3) is 0.300. The van der Waals surface area contributed by atoms with Gasteiger partial charge in [0.05, 0.1) is 6.61 Å². The van der Waals surface area contributed by atoms with Crippen molar-refractivity contribution in [3.63, 3.8) is 0 Å². The molecule has 0 saturated heterocycles. The standard InChI is InChI=1S/C20H22O/c1-2-21-19-14-12-16(13-15-19)6-3-7-17-8-4-9-18-10-5-11-20(17)18/h4-5,8-9,11-15H,2-3,6-7,10H2,1H3. The molecule has 0 heterocycles. The van der Waals surface area contributed by atoms with Crippen molar-refractivity contribution in [2.75, 3.05) is 6.61 Å². The van der Waals surface area contributed by atoms with Gasteiger partial charge in [-0.2, -0.15) is 0 Å². The second-order valence-electron chi connectivity index (χ2n) is 5.53. The Labute approximate surface area is 127 Å². The number of benzene rings is 2. The van der Waals surface area contributed by atoms with Crippen molar-refractivity contribution in [1.82, 2.24) is 0 Å². The first-order chi connectivity index (χ1) is 10.4. The van der Waals surface area contributed by atoms with Crippen molar-refractivity contribution in [2.24, 2.45) is 0 Å². The molecule has 0 bridgehead atoms. The lowest BCUT2D eigenvalue weighted by molar-refractivity contribution is 0.340. The highest BCUT2D eigenvalue weighted by Crippen LogP contribution is 2.24. The van der Waals surface area contributed by atoms with Crippen LogP contribution >= 0.6 is 0 Å². The minimum atomic E-state index is 0.728. The van der Waals surface area contributed by atoms with E-state index >= 15 is 0 Å². The van der Waals surface area contributed by atoms with E-state index in [1.807, 2.05) is 6.92 Å². The van der Waals surface area contributed by atoms with Crippen molar-refractivity contribution in [1.29, 1.82) is 0 Å². The fourth-order valence-electron chi connectivity index (χ4n) is 2.98. The molecule has 21 heavy (non-hydrogen) atoms. The predicted octanol–water partition coefficient (Wildman–Crippen LogP) is 4.83. The molecule has 1 aliphatic rings. The van der Waals surface area contributed by atoms with Gasteiger partial charge in [-0.05, 0) is 67.0 Å². The summed E-state index contributed by atoms with van der Waals surface area (Å²) in [5.74, 6) is 0.965. The maximum atomic E-state index is 5.48. The fourth-order valence-corrected chi connectivity index (χ4v) is 2.98. The van der Waals surface area contributed by atoms with Crippen LogP contribution in [-0.4, -0.2) is 6.61 Å². The van der Waals surface area contributed by atoms with Gasteiger partial charge in [-0.3, -0.25) is 0 Å². The van der Waals surface area contributed by atoms with E-state index in [0.29, 0.717) is 0 Å². The average Bonchev–Trinajstić information content (AvgIpc) is 2.99. The molecule has 0 atom stereocenters. The van der Waals surface area contributed by atoms with Crippen molar-refractivity contribution in [3.05, 3.63) is 70.8 Å². The van der Waals surface area contributed by atoms with Gasteiger partial charge >= 0.3 is 0 Å². The van der Waals surface area contributed by atoms with E-state index in [2.05, 4.69) is 54.6 Å². The van der Waals surface area contributed by atoms with Crippen molar-refractivity contribution in [3.8, 4) is 5.75 Å². The summed E-state index contributed by atoms with van der Waals surface area (Å²) in [5.41, 5.74) is 5.83. The summed E-state index contributed by atoms with van der Waals surface area (Å²) in [5, 5.41) is 0. The van der Waals surface area contributed by atoms with Crippen LogP contribution in [0.3, 0.4) is 0 Å². The molecule has 1 heteroatoms. The molecule has 1 aliphatic carbocycles. The van der Waals surface area contributed by atoms with Gasteiger partial charge in [-0.25, -0.2) is 0 Å². The lowest BCUT2D eigenvalue weighted by atomic mass is 9.98. The van der Waals surface area contributed by atoms with E-state index in [1.54, 1.807) is 0 Å². The van der Waals surface area contributed by atoms with Gasteiger partial charge in [0.25, 0.3) is 0 Å². The molecule has 0 fully saturated rings. The highest BCUT2D eigenvalue weighted by Gasteiger charge is 2.08. The Morgan fingerprint density at radius 3 is 2.67 bits per heavy atom. The molecule has 0 amide bonds. The lowest BCUT2D eigenvalue weighted by Crippen LogP contribution is -1.95. The van der Waals surface area contributed by atoms with Gasteiger partial charge in [0, 0.05) is 0 Å². The summed E-state index contributed by atoms with van der Waals surface area (Å²) in [6.45, 7) is 2.74. The molecule has 108 valence electrons. The number of allylic oxidation sites excluding steroid dienone is 1. The third kappa shape index (κ3) is 3.36. The zero-order valence-electron chi connectivity index (χ0n) is 12.6. The summed E-state index contributed by atoms with van der Waals surface area (Å²) in [4.78, 5) is 0. The Hall–Kier alpha value is -2.02. The van der Waals surface area contributed by atoms with Crippen molar-refractivity contribution < 1.29 is 4.74 Å². The third-order valence-corrected chi connectivity index (χ3v) is 4.05. The smallest absolute Gasteiger partial charge is 0.119 e. The van der Waals surface area contributed by atoms with E-state index < -0.39 is 0 Å². The number of hydrogen-bond donors (Lipinski definition) is 0. The second-order valence-corrected chi connectivity index (χ2v) is 5.53. The highest BCUT2D eigenvalue weighted by molar-refractivity contribution is 5.63. The zero-order valence-corrected chi connectivity index (χ0v) is 12.6. The van der Waals surface area contributed by atoms with Crippen LogP contribution in [-0.2, 0) is 19.3 Å². The zero-order chi connectivity index (χ0) is 14.5.